The number of nitrogens with one attached hydrogen (secondary N) is 1. The maximum atomic E-state index is 10.1. The van der Waals surface area contributed by atoms with Gasteiger partial charge < -0.3 is 15.5 Å². The molecule has 0 bridgehead atoms. The molecule has 106 valence electrons. The Bertz CT molecular complexity index is 510. The number of phenols is 1. The van der Waals surface area contributed by atoms with Gasteiger partial charge in [-0.05, 0) is 36.6 Å². The van der Waals surface area contributed by atoms with E-state index in [1.165, 1.54) is 0 Å². The normalized spacial score (nSPS) is 13.9. The predicted octanol–water partition coefficient (Wildman–Crippen LogP) is 2.65. The molecule has 0 fully saturated rings. The number of hydrogen-bond acceptors (Lipinski definition) is 3. The zero-order chi connectivity index (χ0) is 14.4. The Kier molecular flexibility index (Phi) is 5.16. The molecule has 3 nitrogen and oxygen atoms in total. The number of aliphatic hydroxyl groups excluding tert-OH is 1. The Labute approximate surface area is 119 Å². The van der Waals surface area contributed by atoms with E-state index in [-0.39, 0.29) is 11.8 Å². The zero-order valence-corrected chi connectivity index (χ0v) is 11.7. The molecule has 2 aromatic carbocycles. The van der Waals surface area contributed by atoms with Crippen LogP contribution in [0.1, 0.15) is 24.2 Å². The van der Waals surface area contributed by atoms with Gasteiger partial charge in [-0.1, -0.05) is 42.5 Å². The zero-order valence-electron chi connectivity index (χ0n) is 11.7. The van der Waals surface area contributed by atoms with E-state index in [4.69, 9.17) is 0 Å². The molecule has 0 radical (unpaired) electrons. The van der Waals surface area contributed by atoms with Crippen LogP contribution in [0.2, 0.25) is 0 Å². The van der Waals surface area contributed by atoms with Crippen molar-refractivity contribution < 1.29 is 10.2 Å². The summed E-state index contributed by atoms with van der Waals surface area (Å²) in [5.41, 5.74) is 2.09. The summed E-state index contributed by atoms with van der Waals surface area (Å²) in [5, 5.41) is 22.7. The predicted molar refractivity (Wildman–Crippen MR) is 80.7 cm³/mol. The van der Waals surface area contributed by atoms with Crippen LogP contribution in [0.3, 0.4) is 0 Å². The van der Waals surface area contributed by atoms with Gasteiger partial charge in [0.15, 0.2) is 0 Å². The van der Waals surface area contributed by atoms with Crippen LogP contribution in [0.15, 0.2) is 54.6 Å². The molecular formula is C17H21NO2. The van der Waals surface area contributed by atoms with E-state index in [1.54, 1.807) is 12.1 Å². The van der Waals surface area contributed by atoms with Crippen molar-refractivity contribution in [3.05, 3.63) is 65.7 Å². The Hall–Kier alpha value is -1.84. The standard InChI is InChI=1S/C17H21NO2/c1-13(11-14-7-9-16(19)10-8-14)18-12-17(20)15-5-3-2-4-6-15/h2-10,13,17-20H,11-12H2,1H3/t13-,17+/m1/s1. The van der Waals surface area contributed by atoms with Gasteiger partial charge in [0.25, 0.3) is 0 Å². The maximum Gasteiger partial charge on any atom is 0.115 e. The average molecular weight is 271 g/mol. The fourth-order valence-electron chi connectivity index (χ4n) is 2.16. The lowest BCUT2D eigenvalue weighted by Crippen LogP contribution is -2.32. The molecule has 3 heteroatoms. The lowest BCUT2D eigenvalue weighted by molar-refractivity contribution is 0.170. The molecular weight excluding hydrogens is 250 g/mol. The van der Waals surface area contributed by atoms with Crippen molar-refractivity contribution in [3.8, 4) is 5.75 Å². The first-order valence-electron chi connectivity index (χ1n) is 6.89. The summed E-state index contributed by atoms with van der Waals surface area (Å²) >= 11 is 0. The van der Waals surface area contributed by atoms with Crippen LogP contribution in [0.5, 0.6) is 5.75 Å². The van der Waals surface area contributed by atoms with E-state index in [0.29, 0.717) is 6.54 Å². The van der Waals surface area contributed by atoms with E-state index in [9.17, 15) is 10.2 Å². The fourth-order valence-corrected chi connectivity index (χ4v) is 2.16. The summed E-state index contributed by atoms with van der Waals surface area (Å²) < 4.78 is 0. The van der Waals surface area contributed by atoms with Gasteiger partial charge in [0.05, 0.1) is 6.10 Å². The van der Waals surface area contributed by atoms with Crippen molar-refractivity contribution in [2.45, 2.75) is 25.5 Å². The summed E-state index contributed by atoms with van der Waals surface area (Å²) in [5.74, 6) is 0.286. The second kappa shape index (κ2) is 7.08. The first-order chi connectivity index (χ1) is 9.65. The highest BCUT2D eigenvalue weighted by atomic mass is 16.3. The van der Waals surface area contributed by atoms with Gasteiger partial charge in [0.2, 0.25) is 0 Å². The third kappa shape index (κ3) is 4.37. The third-order valence-electron chi connectivity index (χ3n) is 3.32. The van der Waals surface area contributed by atoms with Crippen molar-refractivity contribution >= 4 is 0 Å². The van der Waals surface area contributed by atoms with Crippen LogP contribution in [0, 0.1) is 0 Å². The lowest BCUT2D eigenvalue weighted by Gasteiger charge is -2.17. The fraction of sp³-hybridized carbons (Fsp3) is 0.294. The molecule has 2 atom stereocenters. The SMILES string of the molecule is C[C@H](Cc1ccc(O)cc1)NC[C@H](O)c1ccccc1. The van der Waals surface area contributed by atoms with E-state index < -0.39 is 6.10 Å². The number of aromatic hydroxyl groups is 1. The van der Waals surface area contributed by atoms with Crippen LogP contribution < -0.4 is 5.32 Å². The van der Waals surface area contributed by atoms with E-state index >= 15 is 0 Å². The van der Waals surface area contributed by atoms with E-state index in [0.717, 1.165) is 17.5 Å². The Morgan fingerprint density at radius 1 is 1.00 bits per heavy atom. The third-order valence-corrected chi connectivity index (χ3v) is 3.32. The van der Waals surface area contributed by atoms with Crippen LogP contribution in [0.25, 0.3) is 0 Å². The molecule has 0 heterocycles. The first-order valence-corrected chi connectivity index (χ1v) is 6.89. The van der Waals surface area contributed by atoms with Crippen molar-refractivity contribution in [1.29, 1.82) is 0 Å². The van der Waals surface area contributed by atoms with E-state index in [1.807, 2.05) is 42.5 Å². The molecule has 0 saturated heterocycles. The second-order valence-corrected chi connectivity index (χ2v) is 5.11. The van der Waals surface area contributed by atoms with Crippen LogP contribution >= 0.6 is 0 Å². The van der Waals surface area contributed by atoms with Crippen molar-refractivity contribution in [2.75, 3.05) is 6.54 Å². The van der Waals surface area contributed by atoms with E-state index in [2.05, 4.69) is 12.2 Å². The van der Waals surface area contributed by atoms with Gasteiger partial charge in [-0.15, -0.1) is 0 Å². The summed E-state index contributed by atoms with van der Waals surface area (Å²) in [6, 6.07) is 17.1. The Balaban J connectivity index is 1.80. The highest BCUT2D eigenvalue weighted by Crippen LogP contribution is 2.13. The molecule has 2 rings (SSSR count). The molecule has 3 N–H and O–H groups in total. The number of hydrogen-bond donors (Lipinski definition) is 3. The molecule has 0 unspecified atom stereocenters. The molecule has 0 amide bonds. The molecule has 0 saturated carbocycles. The summed E-state index contributed by atoms with van der Waals surface area (Å²) in [6.07, 6.45) is 0.375. The van der Waals surface area contributed by atoms with Gasteiger partial charge in [-0.2, -0.15) is 0 Å². The minimum Gasteiger partial charge on any atom is -0.508 e. The van der Waals surface area contributed by atoms with Crippen LogP contribution in [-0.2, 0) is 6.42 Å². The minimum absolute atomic E-state index is 0.262. The largest absolute Gasteiger partial charge is 0.508 e. The second-order valence-electron chi connectivity index (χ2n) is 5.11. The smallest absolute Gasteiger partial charge is 0.115 e. The number of phenolic OH excluding ortho intramolecular Hbond substituents is 1. The molecule has 0 aromatic heterocycles. The Morgan fingerprint density at radius 2 is 1.65 bits per heavy atom. The first kappa shape index (κ1) is 14.6. The van der Waals surface area contributed by atoms with Crippen LogP contribution in [0.4, 0.5) is 0 Å². The molecule has 0 aliphatic heterocycles. The monoisotopic (exact) mass is 271 g/mol. The number of benzene rings is 2. The molecule has 0 aliphatic carbocycles. The summed E-state index contributed by atoms with van der Waals surface area (Å²) in [6.45, 7) is 2.62. The molecule has 2 aromatic rings. The van der Waals surface area contributed by atoms with Gasteiger partial charge in [0, 0.05) is 12.6 Å². The topological polar surface area (TPSA) is 52.5 Å². The van der Waals surface area contributed by atoms with Gasteiger partial charge in [-0.25, -0.2) is 0 Å². The molecule has 0 aliphatic rings. The lowest BCUT2D eigenvalue weighted by atomic mass is 10.1. The highest BCUT2D eigenvalue weighted by molar-refractivity contribution is 5.26. The molecule has 20 heavy (non-hydrogen) atoms. The number of aliphatic hydroxyl groups is 1. The number of rotatable bonds is 6. The average Bonchev–Trinajstić information content (AvgIpc) is 2.48. The van der Waals surface area contributed by atoms with Gasteiger partial charge >= 0.3 is 0 Å². The summed E-state index contributed by atoms with van der Waals surface area (Å²) in [7, 11) is 0. The highest BCUT2D eigenvalue weighted by Gasteiger charge is 2.09. The van der Waals surface area contributed by atoms with Crippen LogP contribution in [-0.4, -0.2) is 22.8 Å². The van der Waals surface area contributed by atoms with Crippen molar-refractivity contribution in [3.63, 3.8) is 0 Å². The van der Waals surface area contributed by atoms with Gasteiger partial charge in [-0.3, -0.25) is 0 Å². The van der Waals surface area contributed by atoms with Crippen molar-refractivity contribution in [2.24, 2.45) is 0 Å². The quantitative estimate of drug-likeness (QED) is 0.757. The Morgan fingerprint density at radius 3 is 2.30 bits per heavy atom. The van der Waals surface area contributed by atoms with Crippen molar-refractivity contribution in [1.82, 2.24) is 5.32 Å². The molecule has 0 spiro atoms. The summed E-state index contributed by atoms with van der Waals surface area (Å²) in [4.78, 5) is 0. The minimum atomic E-state index is -0.488. The van der Waals surface area contributed by atoms with Gasteiger partial charge in [0.1, 0.15) is 5.75 Å². The maximum absolute atomic E-state index is 10.1.